The van der Waals surface area contributed by atoms with Crippen LogP contribution in [0.15, 0.2) is 140 Å². The molecule has 2 aromatic heterocycles. The number of fused-ring (bicyclic) bond motifs is 11. The smallest absolute Gasteiger partial charge is 0.159 e. The van der Waals surface area contributed by atoms with Crippen LogP contribution in [-0.2, 0) is 10.8 Å². The highest BCUT2D eigenvalue weighted by Crippen LogP contribution is 2.60. The van der Waals surface area contributed by atoms with Gasteiger partial charge in [0, 0.05) is 32.7 Å². The van der Waals surface area contributed by atoms with Crippen molar-refractivity contribution in [3.8, 4) is 50.6 Å². The van der Waals surface area contributed by atoms with Gasteiger partial charge in [-0.15, -0.1) is 0 Å². The Morgan fingerprint density at radius 1 is 0.510 bits per heavy atom. The summed E-state index contributed by atoms with van der Waals surface area (Å²) in [4.78, 5) is 10.3. The van der Waals surface area contributed by atoms with Crippen molar-refractivity contribution >= 4 is 21.8 Å². The van der Waals surface area contributed by atoms with Crippen molar-refractivity contribution < 1.29 is 0 Å². The van der Waals surface area contributed by atoms with Gasteiger partial charge in [0.2, 0.25) is 0 Å². The predicted molar refractivity (Wildman–Crippen MR) is 202 cm³/mol. The van der Waals surface area contributed by atoms with Gasteiger partial charge >= 0.3 is 0 Å². The molecule has 0 atom stereocenters. The first-order valence-electron chi connectivity index (χ1n) is 17.2. The number of para-hydroxylation sites is 1. The summed E-state index contributed by atoms with van der Waals surface area (Å²) in [5.41, 5.74) is 17.1. The summed E-state index contributed by atoms with van der Waals surface area (Å²) in [6.07, 6.45) is 2.04. The first-order chi connectivity index (χ1) is 23.9. The van der Waals surface area contributed by atoms with Gasteiger partial charge in [0.05, 0.1) is 28.6 Å². The molecule has 2 aliphatic rings. The Bertz CT molecular complexity index is 2640. The maximum absolute atomic E-state index is 5.31. The third-order valence-corrected chi connectivity index (χ3v) is 11.2. The third-order valence-electron chi connectivity index (χ3n) is 11.2. The Morgan fingerprint density at radius 3 is 1.92 bits per heavy atom. The average molecular weight is 630 g/mol. The number of nitrogens with zero attached hydrogens (tertiary/aromatic N) is 3. The van der Waals surface area contributed by atoms with E-state index in [0.717, 1.165) is 33.8 Å². The highest BCUT2D eigenvalue weighted by atomic mass is 15.0. The third kappa shape index (κ3) is 3.73. The second-order valence-corrected chi connectivity index (χ2v) is 14.6. The van der Waals surface area contributed by atoms with E-state index in [1.165, 1.54) is 60.8 Å². The maximum Gasteiger partial charge on any atom is 0.159 e. The summed E-state index contributed by atoms with van der Waals surface area (Å²) < 4.78 is 2.45. The molecule has 2 heterocycles. The van der Waals surface area contributed by atoms with Crippen LogP contribution in [0, 0.1) is 0 Å². The minimum atomic E-state index is -0.245. The molecule has 3 nitrogen and oxygen atoms in total. The Kier molecular flexibility index (Phi) is 5.69. The van der Waals surface area contributed by atoms with Crippen molar-refractivity contribution in [2.75, 3.05) is 0 Å². The van der Waals surface area contributed by atoms with Gasteiger partial charge in [-0.05, 0) is 50.6 Å². The SMILES string of the molecule is CC1(C)c2ccccc2-c2c1ccc1c2-c2ccc3c4ccccc4n(-c4cnc(-c5ccccc5)nc4-c4ccccc4)c3c2C1(C)C. The van der Waals surface area contributed by atoms with Gasteiger partial charge in [-0.2, -0.15) is 0 Å². The maximum atomic E-state index is 5.31. The number of hydrogen-bond acceptors (Lipinski definition) is 2. The lowest BCUT2D eigenvalue weighted by atomic mass is 9.79. The molecule has 0 N–H and O–H groups in total. The molecule has 10 rings (SSSR count). The number of benzene rings is 6. The predicted octanol–water partition coefficient (Wildman–Crippen LogP) is 11.5. The minimum Gasteiger partial charge on any atom is -0.305 e. The largest absolute Gasteiger partial charge is 0.305 e. The normalized spacial score (nSPS) is 14.9. The van der Waals surface area contributed by atoms with Gasteiger partial charge in [-0.25, -0.2) is 9.97 Å². The second kappa shape index (κ2) is 9.87. The summed E-state index contributed by atoms with van der Waals surface area (Å²) in [6.45, 7) is 9.56. The molecular weight excluding hydrogens is 595 g/mol. The van der Waals surface area contributed by atoms with Gasteiger partial charge in [-0.1, -0.05) is 155 Å². The van der Waals surface area contributed by atoms with E-state index in [2.05, 4.69) is 148 Å². The fraction of sp³-hybridized carbons (Fsp3) is 0.130. The summed E-state index contributed by atoms with van der Waals surface area (Å²) in [5.74, 6) is 0.721. The summed E-state index contributed by atoms with van der Waals surface area (Å²) in [6, 6.07) is 48.2. The zero-order chi connectivity index (χ0) is 33.1. The van der Waals surface area contributed by atoms with E-state index in [0.29, 0.717) is 0 Å². The number of hydrogen-bond donors (Lipinski definition) is 0. The molecule has 0 bridgehead atoms. The molecule has 234 valence electrons. The topological polar surface area (TPSA) is 30.7 Å². The van der Waals surface area contributed by atoms with Crippen LogP contribution in [-0.4, -0.2) is 14.5 Å². The van der Waals surface area contributed by atoms with E-state index in [-0.39, 0.29) is 10.8 Å². The van der Waals surface area contributed by atoms with Crippen LogP contribution in [0.3, 0.4) is 0 Å². The number of rotatable bonds is 3. The highest BCUT2D eigenvalue weighted by molar-refractivity contribution is 6.14. The summed E-state index contributed by atoms with van der Waals surface area (Å²) >= 11 is 0. The van der Waals surface area contributed by atoms with Crippen LogP contribution in [0.5, 0.6) is 0 Å². The van der Waals surface area contributed by atoms with Gasteiger partial charge in [0.15, 0.2) is 5.82 Å². The highest BCUT2D eigenvalue weighted by Gasteiger charge is 2.45. The van der Waals surface area contributed by atoms with Crippen LogP contribution in [0.2, 0.25) is 0 Å². The Hall–Kier alpha value is -5.80. The molecule has 6 aromatic carbocycles. The number of aromatic nitrogens is 3. The van der Waals surface area contributed by atoms with E-state index in [9.17, 15) is 0 Å². The van der Waals surface area contributed by atoms with E-state index >= 15 is 0 Å². The van der Waals surface area contributed by atoms with Crippen molar-refractivity contribution in [3.63, 3.8) is 0 Å². The molecule has 0 aliphatic heterocycles. The Labute approximate surface area is 286 Å². The summed E-state index contributed by atoms with van der Waals surface area (Å²) in [5, 5.41) is 2.48. The zero-order valence-corrected chi connectivity index (χ0v) is 28.1. The van der Waals surface area contributed by atoms with Crippen LogP contribution < -0.4 is 0 Å². The molecule has 0 fully saturated rings. The molecule has 0 unspecified atom stereocenters. The molecular formula is C46H35N3. The molecule has 0 amide bonds. The molecule has 0 saturated heterocycles. The van der Waals surface area contributed by atoms with Gasteiger partial charge in [0.1, 0.15) is 0 Å². The molecule has 49 heavy (non-hydrogen) atoms. The molecule has 2 aliphatic carbocycles. The molecule has 3 heteroatoms. The van der Waals surface area contributed by atoms with Crippen molar-refractivity contribution in [1.29, 1.82) is 0 Å². The Morgan fingerprint density at radius 2 is 1.14 bits per heavy atom. The first-order valence-corrected chi connectivity index (χ1v) is 17.2. The van der Waals surface area contributed by atoms with E-state index in [1.807, 2.05) is 24.4 Å². The molecule has 8 aromatic rings. The lowest BCUT2D eigenvalue weighted by Gasteiger charge is -2.25. The van der Waals surface area contributed by atoms with Crippen LogP contribution in [0.4, 0.5) is 0 Å². The fourth-order valence-corrected chi connectivity index (χ4v) is 8.95. The van der Waals surface area contributed by atoms with Gasteiger partial charge < -0.3 is 4.57 Å². The van der Waals surface area contributed by atoms with Crippen molar-refractivity contribution in [2.45, 2.75) is 38.5 Å². The minimum absolute atomic E-state index is 0.0602. The standard InChI is InChI=1S/C46H35N3/c1-45(2)34-21-13-11-20-32(34)39-35(45)25-26-36-40(39)33-24-23-31-30-19-12-14-22-37(30)49(43(31)41(33)46(36,3)4)38-27-47-44(29-17-9-6-10-18-29)48-42(38)28-15-7-5-8-16-28/h5-27H,1-4H3. The van der Waals surface area contributed by atoms with Crippen molar-refractivity contribution in [2.24, 2.45) is 0 Å². The zero-order valence-electron chi connectivity index (χ0n) is 28.1. The van der Waals surface area contributed by atoms with Crippen molar-refractivity contribution in [3.05, 3.63) is 162 Å². The molecule has 0 radical (unpaired) electrons. The van der Waals surface area contributed by atoms with Crippen LogP contribution >= 0.6 is 0 Å². The van der Waals surface area contributed by atoms with Crippen LogP contribution in [0.1, 0.15) is 49.9 Å². The van der Waals surface area contributed by atoms with Crippen LogP contribution in [0.25, 0.3) is 72.4 Å². The fourth-order valence-electron chi connectivity index (χ4n) is 8.95. The van der Waals surface area contributed by atoms with Gasteiger partial charge in [-0.3, -0.25) is 0 Å². The first kappa shape index (κ1) is 28.2. The molecule has 0 saturated carbocycles. The van der Waals surface area contributed by atoms with E-state index in [1.54, 1.807) is 0 Å². The monoisotopic (exact) mass is 629 g/mol. The van der Waals surface area contributed by atoms with Crippen molar-refractivity contribution in [1.82, 2.24) is 14.5 Å². The average Bonchev–Trinajstić information content (AvgIpc) is 3.69. The lowest BCUT2D eigenvalue weighted by molar-refractivity contribution is 0.652. The quantitative estimate of drug-likeness (QED) is 0.195. The van der Waals surface area contributed by atoms with E-state index in [4.69, 9.17) is 9.97 Å². The van der Waals surface area contributed by atoms with E-state index < -0.39 is 0 Å². The Balaban J connectivity index is 1.33. The molecule has 0 spiro atoms. The summed E-state index contributed by atoms with van der Waals surface area (Å²) in [7, 11) is 0. The second-order valence-electron chi connectivity index (χ2n) is 14.6. The van der Waals surface area contributed by atoms with Gasteiger partial charge in [0.25, 0.3) is 0 Å². The lowest BCUT2D eigenvalue weighted by Crippen LogP contribution is -2.18.